The lowest BCUT2D eigenvalue weighted by Crippen LogP contribution is -2.15. The normalized spacial score (nSPS) is 10.6. The van der Waals surface area contributed by atoms with Gasteiger partial charge in [0.05, 0.1) is 12.8 Å². The highest BCUT2D eigenvalue weighted by molar-refractivity contribution is 6.05. The molecule has 0 spiro atoms. The molecule has 4 heteroatoms. The molecule has 0 saturated carbocycles. The van der Waals surface area contributed by atoms with E-state index in [0.29, 0.717) is 17.0 Å². The number of nitrogens with one attached hydrogen (secondary N) is 1. The van der Waals surface area contributed by atoms with Gasteiger partial charge < -0.3 is 15.0 Å². The number of hydrogen-bond acceptors (Lipinski definition) is 3. The topological polar surface area (TPSA) is 41.6 Å². The van der Waals surface area contributed by atoms with Gasteiger partial charge in [0.15, 0.2) is 0 Å². The van der Waals surface area contributed by atoms with Gasteiger partial charge in [0.25, 0.3) is 5.91 Å². The number of rotatable bonds is 5. The van der Waals surface area contributed by atoms with Gasteiger partial charge in [-0.1, -0.05) is 24.3 Å². The summed E-state index contributed by atoms with van der Waals surface area (Å²) < 4.78 is 5.32. The molecule has 0 bridgehead atoms. The van der Waals surface area contributed by atoms with E-state index < -0.39 is 0 Å². The average Bonchev–Trinajstić information content (AvgIpc) is 2.48. The van der Waals surface area contributed by atoms with Crippen LogP contribution in [0.15, 0.2) is 42.5 Å². The van der Waals surface area contributed by atoms with E-state index in [0.717, 1.165) is 17.7 Å². The van der Waals surface area contributed by atoms with E-state index in [1.54, 1.807) is 7.11 Å². The molecule has 0 heterocycles. The van der Waals surface area contributed by atoms with Gasteiger partial charge in [0.1, 0.15) is 5.75 Å². The first-order valence-corrected chi connectivity index (χ1v) is 7.20. The van der Waals surface area contributed by atoms with Crippen molar-refractivity contribution >= 4 is 11.6 Å². The van der Waals surface area contributed by atoms with Crippen LogP contribution in [0.2, 0.25) is 0 Å². The molecule has 0 aliphatic rings. The third kappa shape index (κ3) is 3.86. The summed E-state index contributed by atoms with van der Waals surface area (Å²) in [5.74, 6) is 0.533. The lowest BCUT2D eigenvalue weighted by Gasteiger charge is -2.14. The van der Waals surface area contributed by atoms with Crippen LogP contribution in [-0.2, 0) is 6.54 Å². The molecule has 0 saturated heterocycles. The molecule has 0 atom stereocenters. The maximum absolute atomic E-state index is 12.5. The van der Waals surface area contributed by atoms with Crippen molar-refractivity contribution in [2.45, 2.75) is 13.5 Å². The van der Waals surface area contributed by atoms with Gasteiger partial charge in [-0.15, -0.1) is 0 Å². The SMILES string of the molecule is COc1cccc(C)c1NC(=O)c1cccc(CN(C)C)c1. The first-order chi connectivity index (χ1) is 10.5. The molecule has 0 aromatic heterocycles. The number of carbonyl (C=O) groups is 1. The van der Waals surface area contributed by atoms with Gasteiger partial charge >= 0.3 is 0 Å². The van der Waals surface area contributed by atoms with Crippen molar-refractivity contribution in [1.29, 1.82) is 0 Å². The Kier molecular flexibility index (Phi) is 5.17. The molecular weight excluding hydrogens is 276 g/mol. The third-order valence-corrected chi connectivity index (χ3v) is 3.38. The van der Waals surface area contributed by atoms with E-state index in [4.69, 9.17) is 4.74 Å². The smallest absolute Gasteiger partial charge is 0.255 e. The largest absolute Gasteiger partial charge is 0.495 e. The molecule has 0 aliphatic carbocycles. The van der Waals surface area contributed by atoms with E-state index in [-0.39, 0.29) is 5.91 Å². The standard InChI is InChI=1S/C18H22N2O2/c1-13-7-5-10-16(22-4)17(13)19-18(21)15-9-6-8-14(11-15)12-20(2)3/h5-11H,12H2,1-4H3,(H,19,21). The van der Waals surface area contributed by atoms with E-state index in [1.165, 1.54) is 0 Å². The Morgan fingerprint density at radius 2 is 1.91 bits per heavy atom. The first kappa shape index (κ1) is 16.0. The summed E-state index contributed by atoms with van der Waals surface area (Å²) in [6.07, 6.45) is 0. The van der Waals surface area contributed by atoms with Crippen LogP contribution in [0.25, 0.3) is 0 Å². The van der Waals surface area contributed by atoms with Crippen molar-refractivity contribution in [3.8, 4) is 5.75 Å². The fourth-order valence-electron chi connectivity index (χ4n) is 2.33. The molecule has 0 aliphatic heterocycles. The number of amides is 1. The second kappa shape index (κ2) is 7.09. The van der Waals surface area contributed by atoms with Crippen molar-refractivity contribution in [3.63, 3.8) is 0 Å². The second-order valence-corrected chi connectivity index (χ2v) is 5.54. The number of aryl methyl sites for hydroxylation is 1. The summed E-state index contributed by atoms with van der Waals surface area (Å²) in [5.41, 5.74) is 3.43. The molecule has 0 fully saturated rings. The highest BCUT2D eigenvalue weighted by atomic mass is 16.5. The fourth-order valence-corrected chi connectivity index (χ4v) is 2.33. The van der Waals surface area contributed by atoms with Crippen molar-refractivity contribution in [1.82, 2.24) is 4.90 Å². The van der Waals surface area contributed by atoms with Gasteiger partial charge in [-0.05, 0) is 50.3 Å². The quantitative estimate of drug-likeness (QED) is 0.920. The van der Waals surface area contributed by atoms with Crippen molar-refractivity contribution in [2.24, 2.45) is 0 Å². The Bertz CT molecular complexity index is 666. The maximum atomic E-state index is 12.5. The lowest BCUT2D eigenvalue weighted by molar-refractivity contribution is 0.102. The summed E-state index contributed by atoms with van der Waals surface area (Å²) in [5, 5.41) is 2.95. The number of para-hydroxylation sites is 1. The summed E-state index contributed by atoms with van der Waals surface area (Å²) in [6.45, 7) is 2.75. The minimum atomic E-state index is -0.131. The minimum absolute atomic E-state index is 0.131. The Hall–Kier alpha value is -2.33. The van der Waals surface area contributed by atoms with E-state index in [9.17, 15) is 4.79 Å². The predicted molar refractivity (Wildman–Crippen MR) is 89.5 cm³/mol. The molecule has 2 rings (SSSR count). The molecule has 2 aromatic rings. The van der Waals surface area contributed by atoms with Crippen LogP contribution in [0.5, 0.6) is 5.75 Å². The fraction of sp³-hybridized carbons (Fsp3) is 0.278. The van der Waals surface area contributed by atoms with Crippen LogP contribution in [0.3, 0.4) is 0 Å². The van der Waals surface area contributed by atoms with Crippen molar-refractivity contribution in [2.75, 3.05) is 26.5 Å². The van der Waals surface area contributed by atoms with Crippen molar-refractivity contribution < 1.29 is 9.53 Å². The zero-order chi connectivity index (χ0) is 16.1. The number of ether oxygens (including phenoxy) is 1. The maximum Gasteiger partial charge on any atom is 0.255 e. The van der Waals surface area contributed by atoms with Gasteiger partial charge in [0.2, 0.25) is 0 Å². The number of hydrogen-bond donors (Lipinski definition) is 1. The predicted octanol–water partition coefficient (Wildman–Crippen LogP) is 3.32. The summed E-state index contributed by atoms with van der Waals surface area (Å²) >= 11 is 0. The number of benzene rings is 2. The first-order valence-electron chi connectivity index (χ1n) is 7.20. The summed E-state index contributed by atoms with van der Waals surface area (Å²) in [6, 6.07) is 13.3. The Labute approximate surface area is 131 Å². The zero-order valence-electron chi connectivity index (χ0n) is 13.5. The van der Waals surface area contributed by atoms with E-state index in [1.807, 2.05) is 63.5 Å². The van der Waals surface area contributed by atoms with Gasteiger partial charge in [0, 0.05) is 12.1 Å². The number of anilines is 1. The highest BCUT2D eigenvalue weighted by Gasteiger charge is 2.12. The Morgan fingerprint density at radius 3 is 2.59 bits per heavy atom. The summed E-state index contributed by atoms with van der Waals surface area (Å²) in [4.78, 5) is 14.6. The van der Waals surface area contributed by atoms with Crippen LogP contribution >= 0.6 is 0 Å². The van der Waals surface area contributed by atoms with E-state index >= 15 is 0 Å². The molecule has 2 aromatic carbocycles. The van der Waals surface area contributed by atoms with Gasteiger partial charge in [-0.25, -0.2) is 0 Å². The average molecular weight is 298 g/mol. The highest BCUT2D eigenvalue weighted by Crippen LogP contribution is 2.28. The summed E-state index contributed by atoms with van der Waals surface area (Å²) in [7, 11) is 5.61. The minimum Gasteiger partial charge on any atom is -0.495 e. The second-order valence-electron chi connectivity index (χ2n) is 5.54. The molecule has 4 nitrogen and oxygen atoms in total. The van der Waals surface area contributed by atoms with E-state index in [2.05, 4.69) is 10.2 Å². The molecule has 1 amide bonds. The molecule has 116 valence electrons. The van der Waals surface area contributed by atoms with Crippen LogP contribution in [-0.4, -0.2) is 32.0 Å². The van der Waals surface area contributed by atoms with Crippen LogP contribution in [0.1, 0.15) is 21.5 Å². The molecule has 22 heavy (non-hydrogen) atoms. The van der Waals surface area contributed by atoms with Crippen LogP contribution in [0, 0.1) is 6.92 Å². The third-order valence-electron chi connectivity index (χ3n) is 3.38. The Balaban J connectivity index is 2.23. The molecule has 0 radical (unpaired) electrons. The molecule has 0 unspecified atom stereocenters. The number of carbonyl (C=O) groups excluding carboxylic acids is 1. The number of methoxy groups -OCH3 is 1. The van der Waals surface area contributed by atoms with Crippen LogP contribution < -0.4 is 10.1 Å². The zero-order valence-corrected chi connectivity index (χ0v) is 13.5. The monoisotopic (exact) mass is 298 g/mol. The van der Waals surface area contributed by atoms with Crippen LogP contribution in [0.4, 0.5) is 5.69 Å². The molecule has 1 N–H and O–H groups in total. The Morgan fingerprint density at radius 1 is 1.18 bits per heavy atom. The molecular formula is C18H22N2O2. The lowest BCUT2D eigenvalue weighted by atomic mass is 10.1. The van der Waals surface area contributed by atoms with Gasteiger partial charge in [-0.3, -0.25) is 4.79 Å². The number of nitrogens with zero attached hydrogens (tertiary/aromatic N) is 1. The van der Waals surface area contributed by atoms with Crippen molar-refractivity contribution in [3.05, 3.63) is 59.2 Å². The van der Waals surface area contributed by atoms with Gasteiger partial charge in [-0.2, -0.15) is 0 Å².